The third-order valence-electron chi connectivity index (χ3n) is 5.14. The van der Waals surface area contributed by atoms with E-state index in [1.807, 2.05) is 31.7 Å². The highest BCUT2D eigenvalue weighted by atomic mass is 35.5. The van der Waals surface area contributed by atoms with Crippen molar-refractivity contribution in [3.05, 3.63) is 17.0 Å². The van der Waals surface area contributed by atoms with Crippen LogP contribution in [0.5, 0.6) is 0 Å². The minimum Gasteiger partial charge on any atom is -0.444 e. The van der Waals surface area contributed by atoms with Crippen LogP contribution in [0.1, 0.15) is 51.8 Å². The first-order valence-corrected chi connectivity index (χ1v) is 9.47. The molecule has 1 saturated carbocycles. The van der Waals surface area contributed by atoms with Crippen LogP contribution in [0.15, 0.2) is 6.07 Å². The van der Waals surface area contributed by atoms with Crippen LogP contribution in [0.25, 0.3) is 0 Å². The molecule has 0 unspecified atom stereocenters. The van der Waals surface area contributed by atoms with Gasteiger partial charge in [-0.15, -0.1) is 0 Å². The van der Waals surface area contributed by atoms with Crippen molar-refractivity contribution in [3.63, 3.8) is 0 Å². The van der Waals surface area contributed by atoms with Gasteiger partial charge in [0, 0.05) is 37.5 Å². The number of nitrogens with zero attached hydrogens (tertiary/aromatic N) is 4. The molecule has 1 aliphatic carbocycles. The van der Waals surface area contributed by atoms with E-state index in [0.717, 1.165) is 44.0 Å². The van der Waals surface area contributed by atoms with E-state index >= 15 is 0 Å². The molecule has 0 aromatic carbocycles. The van der Waals surface area contributed by atoms with Crippen LogP contribution in [0, 0.1) is 5.92 Å². The number of aromatic nitrogens is 2. The molecule has 2 atom stereocenters. The monoisotopic (exact) mass is 364 g/mol. The van der Waals surface area contributed by atoms with Gasteiger partial charge in [0.25, 0.3) is 0 Å². The molecule has 3 fully saturated rings. The second-order valence-electron chi connectivity index (χ2n) is 8.38. The zero-order chi connectivity index (χ0) is 17.8. The summed E-state index contributed by atoms with van der Waals surface area (Å²) in [5.41, 5.74) is -0.466. The van der Waals surface area contributed by atoms with Crippen LogP contribution in [0.3, 0.4) is 0 Å². The van der Waals surface area contributed by atoms with Crippen molar-refractivity contribution < 1.29 is 9.53 Å². The number of halogens is 1. The minimum absolute atomic E-state index is 0.225. The lowest BCUT2D eigenvalue weighted by Crippen LogP contribution is -2.65. The lowest BCUT2D eigenvalue weighted by atomic mass is 9.82. The Morgan fingerprint density at radius 2 is 2.00 bits per heavy atom. The summed E-state index contributed by atoms with van der Waals surface area (Å²) in [5, 5.41) is 0.509. The van der Waals surface area contributed by atoms with E-state index in [1.165, 1.54) is 0 Å². The summed E-state index contributed by atoms with van der Waals surface area (Å²) >= 11 is 6.21. The zero-order valence-corrected chi connectivity index (χ0v) is 15.8. The number of rotatable bonds is 2. The number of piperidine rings is 1. The Bertz CT molecular complexity index is 686. The van der Waals surface area contributed by atoms with Crippen LogP contribution in [0.4, 0.5) is 10.6 Å². The first-order chi connectivity index (χ1) is 11.8. The van der Waals surface area contributed by atoms with Crippen molar-refractivity contribution in [2.24, 2.45) is 5.92 Å². The van der Waals surface area contributed by atoms with Crippen molar-refractivity contribution in [1.29, 1.82) is 0 Å². The van der Waals surface area contributed by atoms with Gasteiger partial charge in [-0.1, -0.05) is 11.6 Å². The Morgan fingerprint density at radius 1 is 1.24 bits per heavy atom. The number of carbonyl (C=O) groups is 1. The Kier molecular flexibility index (Phi) is 4.06. The molecule has 1 amide bonds. The highest BCUT2D eigenvalue weighted by Crippen LogP contribution is 2.41. The molecular weight excluding hydrogens is 340 g/mol. The van der Waals surface area contributed by atoms with E-state index in [9.17, 15) is 4.79 Å². The fraction of sp³-hybridized carbons (Fsp3) is 0.722. The van der Waals surface area contributed by atoms with Crippen LogP contribution in [-0.4, -0.2) is 52.2 Å². The molecule has 136 valence electrons. The number of hydrogen-bond donors (Lipinski definition) is 0. The fourth-order valence-corrected chi connectivity index (χ4v) is 3.83. The molecule has 1 aromatic rings. The minimum atomic E-state index is -0.466. The van der Waals surface area contributed by atoms with Gasteiger partial charge in [-0.2, -0.15) is 0 Å². The van der Waals surface area contributed by atoms with E-state index in [0.29, 0.717) is 29.6 Å². The summed E-state index contributed by atoms with van der Waals surface area (Å²) in [6.45, 7) is 8.12. The predicted molar refractivity (Wildman–Crippen MR) is 96.1 cm³/mol. The van der Waals surface area contributed by atoms with Gasteiger partial charge in [0.1, 0.15) is 22.4 Å². The SMILES string of the molecule is CC(C)(C)OC(=O)N1CC[C@@H]2CN(c3cc(Cl)nc(C4CC4)n3)[C@@H]2C1. The number of hydrogen-bond acceptors (Lipinski definition) is 5. The van der Waals surface area contributed by atoms with E-state index in [-0.39, 0.29) is 6.09 Å². The largest absolute Gasteiger partial charge is 0.444 e. The van der Waals surface area contributed by atoms with Crippen molar-refractivity contribution in [3.8, 4) is 0 Å². The quantitative estimate of drug-likeness (QED) is 0.752. The summed E-state index contributed by atoms with van der Waals surface area (Å²) in [4.78, 5) is 25.6. The van der Waals surface area contributed by atoms with Gasteiger partial charge in [-0.3, -0.25) is 0 Å². The van der Waals surface area contributed by atoms with Crippen LogP contribution in [0.2, 0.25) is 5.15 Å². The van der Waals surface area contributed by atoms with E-state index < -0.39 is 5.60 Å². The van der Waals surface area contributed by atoms with E-state index in [1.54, 1.807) is 0 Å². The first kappa shape index (κ1) is 16.9. The number of ether oxygens (including phenoxy) is 1. The number of anilines is 1. The molecule has 2 aliphatic heterocycles. The molecule has 0 spiro atoms. The number of carbonyl (C=O) groups excluding carboxylic acids is 1. The third-order valence-corrected chi connectivity index (χ3v) is 5.33. The van der Waals surface area contributed by atoms with Crippen LogP contribution in [-0.2, 0) is 4.74 Å². The van der Waals surface area contributed by atoms with Gasteiger partial charge in [-0.05, 0) is 40.0 Å². The van der Waals surface area contributed by atoms with Crippen LogP contribution >= 0.6 is 11.6 Å². The number of amides is 1. The molecule has 0 radical (unpaired) electrons. The number of likely N-dealkylation sites (tertiary alicyclic amines) is 1. The molecule has 1 aromatic heterocycles. The second-order valence-corrected chi connectivity index (χ2v) is 8.76. The lowest BCUT2D eigenvalue weighted by Gasteiger charge is -2.53. The molecule has 4 rings (SSSR count). The Hall–Kier alpha value is -1.56. The van der Waals surface area contributed by atoms with Crippen LogP contribution < -0.4 is 4.90 Å². The maximum Gasteiger partial charge on any atom is 0.410 e. The first-order valence-electron chi connectivity index (χ1n) is 9.09. The summed E-state index contributed by atoms with van der Waals surface area (Å²) < 4.78 is 5.53. The normalized spacial score (nSPS) is 26.1. The Morgan fingerprint density at radius 3 is 2.68 bits per heavy atom. The summed E-state index contributed by atoms with van der Waals surface area (Å²) in [6, 6.07) is 2.13. The maximum absolute atomic E-state index is 12.4. The topological polar surface area (TPSA) is 58.6 Å². The lowest BCUT2D eigenvalue weighted by molar-refractivity contribution is 0.0106. The molecular formula is C18H25ClN4O2. The van der Waals surface area contributed by atoms with E-state index in [4.69, 9.17) is 21.3 Å². The molecule has 2 saturated heterocycles. The summed E-state index contributed by atoms with van der Waals surface area (Å²) in [7, 11) is 0. The molecule has 3 heterocycles. The van der Waals surface area contributed by atoms with Gasteiger partial charge < -0.3 is 14.5 Å². The van der Waals surface area contributed by atoms with Crippen molar-refractivity contribution in [1.82, 2.24) is 14.9 Å². The zero-order valence-electron chi connectivity index (χ0n) is 15.0. The van der Waals surface area contributed by atoms with Gasteiger partial charge in [-0.25, -0.2) is 14.8 Å². The highest BCUT2D eigenvalue weighted by molar-refractivity contribution is 6.29. The molecule has 6 nitrogen and oxygen atoms in total. The predicted octanol–water partition coefficient (Wildman–Crippen LogP) is 3.45. The van der Waals surface area contributed by atoms with E-state index in [2.05, 4.69) is 9.88 Å². The Labute approximate surface area is 153 Å². The van der Waals surface area contributed by atoms with Crippen molar-refractivity contribution in [2.45, 2.75) is 57.6 Å². The highest BCUT2D eigenvalue weighted by Gasteiger charge is 2.45. The smallest absolute Gasteiger partial charge is 0.410 e. The average Bonchev–Trinajstić information content (AvgIpc) is 3.30. The van der Waals surface area contributed by atoms with Crippen molar-refractivity contribution >= 4 is 23.5 Å². The second kappa shape index (κ2) is 6.01. The molecule has 7 heteroatoms. The summed E-state index contributed by atoms with van der Waals surface area (Å²) in [6.07, 6.45) is 3.09. The van der Waals surface area contributed by atoms with Gasteiger partial charge in [0.05, 0.1) is 6.04 Å². The summed E-state index contributed by atoms with van der Waals surface area (Å²) in [5.74, 6) is 2.84. The average molecular weight is 365 g/mol. The van der Waals surface area contributed by atoms with Gasteiger partial charge in [0.15, 0.2) is 0 Å². The molecule has 0 bridgehead atoms. The molecule has 3 aliphatic rings. The maximum atomic E-state index is 12.4. The standard InChI is InChI=1S/C18H25ClN4O2/c1-18(2,3)25-17(24)22-7-6-12-9-23(13(12)10-22)15-8-14(19)20-16(21-15)11-4-5-11/h8,11-13H,4-7,9-10H2,1-3H3/t12-,13-/m1/s1. The number of fused-ring (bicyclic) bond motifs is 1. The van der Waals surface area contributed by atoms with Gasteiger partial charge >= 0.3 is 6.09 Å². The third kappa shape index (κ3) is 3.54. The molecule has 25 heavy (non-hydrogen) atoms. The molecule has 0 N–H and O–H groups in total. The fourth-order valence-electron chi connectivity index (χ4n) is 3.65. The Balaban J connectivity index is 1.47. The van der Waals surface area contributed by atoms with Crippen molar-refractivity contribution in [2.75, 3.05) is 24.5 Å². The van der Waals surface area contributed by atoms with Gasteiger partial charge in [0.2, 0.25) is 0 Å².